The van der Waals surface area contributed by atoms with Gasteiger partial charge >= 0.3 is 0 Å². The summed E-state index contributed by atoms with van der Waals surface area (Å²) in [7, 11) is 0. The quantitative estimate of drug-likeness (QED) is 0.913. The van der Waals surface area contributed by atoms with Crippen LogP contribution in [0.4, 0.5) is 0 Å². The molecule has 1 aliphatic carbocycles. The second-order valence-corrected chi connectivity index (χ2v) is 5.98. The van der Waals surface area contributed by atoms with Crippen molar-refractivity contribution in [3.05, 3.63) is 22.7 Å². The molecule has 0 unspecified atom stereocenters. The van der Waals surface area contributed by atoms with E-state index in [9.17, 15) is 4.79 Å². The molecule has 98 valence electrons. The summed E-state index contributed by atoms with van der Waals surface area (Å²) in [5.41, 5.74) is 0.551. The third-order valence-corrected chi connectivity index (χ3v) is 3.55. The molecular formula is C13H18ClN3O. The third-order valence-electron chi connectivity index (χ3n) is 3.27. The molecule has 0 bridgehead atoms. The fraction of sp³-hybridized carbons (Fsp3) is 0.615. The SMILES string of the molecule is CC(C)c1ncc(Cl)c(C(=O)NCC2(C)CC2)n1. The highest BCUT2D eigenvalue weighted by molar-refractivity contribution is 6.33. The molecule has 0 saturated heterocycles. The summed E-state index contributed by atoms with van der Waals surface area (Å²) in [5, 5.41) is 3.20. The molecule has 0 spiro atoms. The molecule has 4 nitrogen and oxygen atoms in total. The van der Waals surface area contributed by atoms with Crippen molar-refractivity contribution in [1.29, 1.82) is 0 Å². The van der Waals surface area contributed by atoms with Gasteiger partial charge in [0.1, 0.15) is 11.5 Å². The maximum atomic E-state index is 12.0. The number of rotatable bonds is 4. The van der Waals surface area contributed by atoms with Crippen molar-refractivity contribution in [2.75, 3.05) is 6.54 Å². The highest BCUT2D eigenvalue weighted by atomic mass is 35.5. The third kappa shape index (κ3) is 2.99. The van der Waals surface area contributed by atoms with Crippen molar-refractivity contribution in [3.63, 3.8) is 0 Å². The smallest absolute Gasteiger partial charge is 0.271 e. The first-order valence-corrected chi connectivity index (χ1v) is 6.60. The first-order chi connectivity index (χ1) is 8.41. The topological polar surface area (TPSA) is 54.9 Å². The number of hydrogen-bond donors (Lipinski definition) is 1. The van der Waals surface area contributed by atoms with Crippen LogP contribution in [0.25, 0.3) is 0 Å². The van der Waals surface area contributed by atoms with Crippen molar-refractivity contribution in [2.45, 2.75) is 39.5 Å². The molecule has 1 aliphatic rings. The van der Waals surface area contributed by atoms with Gasteiger partial charge in [-0.1, -0.05) is 32.4 Å². The van der Waals surface area contributed by atoms with E-state index in [0.29, 0.717) is 17.4 Å². The van der Waals surface area contributed by atoms with E-state index in [2.05, 4.69) is 22.2 Å². The average Bonchev–Trinajstić information content (AvgIpc) is 3.05. The normalized spacial score (nSPS) is 16.7. The molecule has 0 aliphatic heterocycles. The van der Waals surface area contributed by atoms with E-state index in [1.807, 2.05) is 13.8 Å². The first-order valence-electron chi connectivity index (χ1n) is 6.22. The van der Waals surface area contributed by atoms with Gasteiger partial charge in [0.25, 0.3) is 5.91 Å². The van der Waals surface area contributed by atoms with E-state index in [-0.39, 0.29) is 22.9 Å². The predicted molar refractivity (Wildman–Crippen MR) is 70.8 cm³/mol. The summed E-state index contributed by atoms with van der Waals surface area (Å²) in [6.07, 6.45) is 3.84. The molecule has 1 amide bonds. The lowest BCUT2D eigenvalue weighted by atomic mass is 10.1. The maximum absolute atomic E-state index is 12.0. The van der Waals surface area contributed by atoms with Gasteiger partial charge in [-0.3, -0.25) is 4.79 Å². The van der Waals surface area contributed by atoms with Crippen molar-refractivity contribution in [2.24, 2.45) is 5.41 Å². The Morgan fingerprint density at radius 1 is 1.56 bits per heavy atom. The molecule has 1 N–H and O–H groups in total. The van der Waals surface area contributed by atoms with Crippen LogP contribution in [0.2, 0.25) is 5.02 Å². The van der Waals surface area contributed by atoms with Gasteiger partial charge in [-0.2, -0.15) is 0 Å². The average molecular weight is 268 g/mol. The Balaban J connectivity index is 2.10. The lowest BCUT2D eigenvalue weighted by molar-refractivity contribution is 0.0940. The second-order valence-electron chi connectivity index (χ2n) is 5.57. The van der Waals surface area contributed by atoms with Gasteiger partial charge < -0.3 is 5.32 Å². The van der Waals surface area contributed by atoms with Gasteiger partial charge in [-0.15, -0.1) is 0 Å². The van der Waals surface area contributed by atoms with Crippen molar-refractivity contribution >= 4 is 17.5 Å². The molecular weight excluding hydrogens is 250 g/mol. The highest BCUT2D eigenvalue weighted by Gasteiger charge is 2.37. The van der Waals surface area contributed by atoms with Crippen LogP contribution in [0.5, 0.6) is 0 Å². The van der Waals surface area contributed by atoms with Crippen LogP contribution in [0.1, 0.15) is 55.8 Å². The number of amides is 1. The summed E-state index contributed by atoms with van der Waals surface area (Å²) < 4.78 is 0. The van der Waals surface area contributed by atoms with Gasteiger partial charge in [0.15, 0.2) is 0 Å². The standard InChI is InChI=1S/C13H18ClN3O/c1-8(2)11-15-6-9(14)10(17-11)12(18)16-7-13(3)4-5-13/h6,8H,4-5,7H2,1-3H3,(H,16,18). The Morgan fingerprint density at radius 2 is 2.22 bits per heavy atom. The largest absolute Gasteiger partial charge is 0.350 e. The lowest BCUT2D eigenvalue weighted by Crippen LogP contribution is -2.30. The Labute approximate surface area is 112 Å². The zero-order valence-electron chi connectivity index (χ0n) is 11.0. The van der Waals surface area contributed by atoms with Crippen LogP contribution in [0, 0.1) is 5.41 Å². The maximum Gasteiger partial charge on any atom is 0.271 e. The number of aromatic nitrogens is 2. The number of nitrogens with zero attached hydrogens (tertiary/aromatic N) is 2. The number of carbonyl (C=O) groups is 1. The van der Waals surface area contributed by atoms with Gasteiger partial charge in [0.2, 0.25) is 0 Å². The van der Waals surface area contributed by atoms with Gasteiger partial charge in [-0.25, -0.2) is 9.97 Å². The van der Waals surface area contributed by atoms with E-state index < -0.39 is 0 Å². The number of halogens is 1. The van der Waals surface area contributed by atoms with E-state index in [1.54, 1.807) is 0 Å². The molecule has 0 atom stereocenters. The van der Waals surface area contributed by atoms with Gasteiger partial charge in [0, 0.05) is 12.5 Å². The first kappa shape index (κ1) is 13.3. The summed E-state index contributed by atoms with van der Waals surface area (Å²) in [6.45, 7) is 6.81. The van der Waals surface area contributed by atoms with Crippen LogP contribution in [-0.4, -0.2) is 22.4 Å². The highest BCUT2D eigenvalue weighted by Crippen LogP contribution is 2.44. The molecule has 2 rings (SSSR count). The molecule has 1 aromatic heterocycles. The lowest BCUT2D eigenvalue weighted by Gasteiger charge is -2.11. The zero-order chi connectivity index (χ0) is 13.3. The van der Waals surface area contributed by atoms with Crippen molar-refractivity contribution in [3.8, 4) is 0 Å². The second kappa shape index (κ2) is 4.84. The van der Waals surface area contributed by atoms with E-state index in [4.69, 9.17) is 11.6 Å². The van der Waals surface area contributed by atoms with E-state index in [0.717, 1.165) is 0 Å². The van der Waals surface area contributed by atoms with Crippen molar-refractivity contribution in [1.82, 2.24) is 15.3 Å². The zero-order valence-corrected chi connectivity index (χ0v) is 11.7. The fourth-order valence-corrected chi connectivity index (χ4v) is 1.76. The Kier molecular flexibility index (Phi) is 3.57. The molecule has 0 radical (unpaired) electrons. The molecule has 1 fully saturated rings. The molecule has 1 saturated carbocycles. The molecule has 1 aromatic rings. The number of carbonyl (C=O) groups excluding carboxylic acids is 1. The minimum absolute atomic E-state index is 0.176. The summed E-state index contributed by atoms with van der Waals surface area (Å²) in [6, 6.07) is 0. The van der Waals surface area contributed by atoms with Crippen LogP contribution in [0.15, 0.2) is 6.20 Å². The van der Waals surface area contributed by atoms with Gasteiger partial charge in [-0.05, 0) is 18.3 Å². The summed E-state index contributed by atoms with van der Waals surface area (Å²) in [5.74, 6) is 0.606. The molecule has 18 heavy (non-hydrogen) atoms. The summed E-state index contributed by atoms with van der Waals surface area (Å²) >= 11 is 5.98. The Morgan fingerprint density at radius 3 is 2.78 bits per heavy atom. The molecule has 5 heteroatoms. The van der Waals surface area contributed by atoms with Crippen molar-refractivity contribution < 1.29 is 4.79 Å². The van der Waals surface area contributed by atoms with Crippen LogP contribution < -0.4 is 5.32 Å². The fourth-order valence-electron chi connectivity index (χ4n) is 1.59. The monoisotopic (exact) mass is 267 g/mol. The predicted octanol–water partition coefficient (Wildman–Crippen LogP) is 2.78. The summed E-state index contributed by atoms with van der Waals surface area (Å²) in [4.78, 5) is 20.4. The molecule has 1 heterocycles. The number of hydrogen-bond acceptors (Lipinski definition) is 3. The Bertz CT molecular complexity index is 469. The minimum Gasteiger partial charge on any atom is -0.350 e. The Hall–Kier alpha value is -1.16. The molecule has 0 aromatic carbocycles. The minimum atomic E-state index is -0.211. The van der Waals surface area contributed by atoms with Gasteiger partial charge in [0.05, 0.1) is 11.2 Å². The number of nitrogens with one attached hydrogen (secondary N) is 1. The van der Waals surface area contributed by atoms with E-state index >= 15 is 0 Å². The van der Waals surface area contributed by atoms with E-state index in [1.165, 1.54) is 19.0 Å². The van der Waals surface area contributed by atoms with Crippen LogP contribution in [-0.2, 0) is 0 Å². The van der Waals surface area contributed by atoms with Crippen LogP contribution >= 0.6 is 11.6 Å². The van der Waals surface area contributed by atoms with Crippen LogP contribution in [0.3, 0.4) is 0 Å².